The predicted octanol–water partition coefficient (Wildman–Crippen LogP) is 4.05. The monoisotopic (exact) mass is 393 g/mol. The summed E-state index contributed by atoms with van der Waals surface area (Å²) in [6.45, 7) is -0.542. The minimum atomic E-state index is -4.45. The average molecular weight is 393 g/mol. The van der Waals surface area contributed by atoms with Gasteiger partial charge < -0.3 is 15.2 Å². The van der Waals surface area contributed by atoms with Crippen molar-refractivity contribution in [2.24, 2.45) is 5.92 Å². The lowest BCUT2D eigenvalue weighted by atomic mass is 9.99. The molecule has 0 saturated heterocycles. The number of hydrogen-bond donors (Lipinski definition) is 2. The summed E-state index contributed by atoms with van der Waals surface area (Å²) in [4.78, 5) is 23.2. The Hall–Kier alpha value is -3.03. The summed E-state index contributed by atoms with van der Waals surface area (Å²) < 4.78 is 44.1. The van der Waals surface area contributed by atoms with Gasteiger partial charge in [0.1, 0.15) is 5.75 Å². The molecule has 1 atom stereocenters. The Balaban J connectivity index is 1.77. The molecule has 0 radical (unpaired) electrons. The first-order valence-electron chi connectivity index (χ1n) is 8.67. The number of rotatable bonds is 7. The molecule has 0 spiro atoms. The average Bonchev–Trinajstić information content (AvgIpc) is 3.49. The fourth-order valence-electron chi connectivity index (χ4n) is 2.91. The molecule has 28 heavy (non-hydrogen) atoms. The second-order valence-electron chi connectivity index (χ2n) is 6.62. The van der Waals surface area contributed by atoms with Crippen molar-refractivity contribution in [1.29, 1.82) is 0 Å². The molecule has 5 nitrogen and oxygen atoms in total. The van der Waals surface area contributed by atoms with Crippen LogP contribution in [0.3, 0.4) is 0 Å². The van der Waals surface area contributed by atoms with E-state index in [1.807, 2.05) is 0 Å². The minimum Gasteiger partial charge on any atom is -0.482 e. The standard InChI is InChI=1S/C20H18F3NO4/c21-20(22,23)15-5-1-3-13(9-15)18(12-7-8-12)24-19(27)14-4-2-6-16(10-14)28-11-17(25)26/h1-6,9-10,12,18H,7-8,11H2,(H,24,27)(H,25,26). The van der Waals surface area contributed by atoms with Crippen LogP contribution in [0.2, 0.25) is 0 Å². The molecule has 2 N–H and O–H groups in total. The van der Waals surface area contributed by atoms with E-state index in [0.29, 0.717) is 5.56 Å². The van der Waals surface area contributed by atoms with Crippen LogP contribution in [0.5, 0.6) is 5.75 Å². The van der Waals surface area contributed by atoms with E-state index in [1.54, 1.807) is 12.1 Å². The number of aliphatic carboxylic acids is 1. The van der Waals surface area contributed by atoms with Gasteiger partial charge in [-0.25, -0.2) is 4.79 Å². The Labute approximate surface area is 159 Å². The lowest BCUT2D eigenvalue weighted by molar-refractivity contribution is -0.139. The van der Waals surface area contributed by atoms with Crippen molar-refractivity contribution in [2.75, 3.05) is 6.61 Å². The van der Waals surface area contributed by atoms with Crippen LogP contribution in [-0.2, 0) is 11.0 Å². The number of carbonyl (C=O) groups excluding carboxylic acids is 1. The molecule has 0 bridgehead atoms. The Morgan fingerprint density at radius 3 is 2.50 bits per heavy atom. The third-order valence-electron chi connectivity index (χ3n) is 4.41. The second-order valence-corrected chi connectivity index (χ2v) is 6.62. The highest BCUT2D eigenvalue weighted by atomic mass is 19.4. The molecule has 1 fully saturated rings. The quantitative estimate of drug-likeness (QED) is 0.744. The van der Waals surface area contributed by atoms with Crippen molar-refractivity contribution in [3.63, 3.8) is 0 Å². The number of amides is 1. The van der Waals surface area contributed by atoms with Crippen molar-refractivity contribution in [1.82, 2.24) is 5.32 Å². The molecule has 0 heterocycles. The van der Waals surface area contributed by atoms with Gasteiger partial charge in [-0.05, 0) is 54.7 Å². The first-order chi connectivity index (χ1) is 13.2. The topological polar surface area (TPSA) is 75.6 Å². The van der Waals surface area contributed by atoms with E-state index < -0.39 is 36.3 Å². The van der Waals surface area contributed by atoms with Gasteiger partial charge >= 0.3 is 12.1 Å². The summed E-state index contributed by atoms with van der Waals surface area (Å²) in [6, 6.07) is 10.4. The number of ether oxygens (including phenoxy) is 1. The van der Waals surface area contributed by atoms with E-state index in [2.05, 4.69) is 5.32 Å². The zero-order chi connectivity index (χ0) is 20.3. The van der Waals surface area contributed by atoms with Gasteiger partial charge in [-0.2, -0.15) is 13.2 Å². The van der Waals surface area contributed by atoms with E-state index in [-0.39, 0.29) is 17.2 Å². The van der Waals surface area contributed by atoms with E-state index in [4.69, 9.17) is 9.84 Å². The first-order valence-corrected chi connectivity index (χ1v) is 8.67. The van der Waals surface area contributed by atoms with E-state index in [0.717, 1.165) is 25.0 Å². The summed E-state index contributed by atoms with van der Waals surface area (Å²) in [5.41, 5.74) is -0.113. The van der Waals surface area contributed by atoms with Gasteiger partial charge in [-0.1, -0.05) is 18.2 Å². The van der Waals surface area contributed by atoms with Crippen molar-refractivity contribution in [3.05, 3.63) is 65.2 Å². The van der Waals surface area contributed by atoms with E-state index in [9.17, 15) is 22.8 Å². The summed E-state index contributed by atoms with van der Waals surface area (Å²) >= 11 is 0. The van der Waals surface area contributed by atoms with Gasteiger partial charge in [0, 0.05) is 5.56 Å². The molecule has 0 aliphatic heterocycles. The Kier molecular flexibility index (Phi) is 5.58. The lowest BCUT2D eigenvalue weighted by Gasteiger charge is -2.20. The van der Waals surface area contributed by atoms with Gasteiger partial charge in [0.25, 0.3) is 5.91 Å². The molecule has 1 aliphatic carbocycles. The number of alkyl halides is 3. The Morgan fingerprint density at radius 2 is 1.86 bits per heavy atom. The molecule has 1 saturated carbocycles. The van der Waals surface area contributed by atoms with Gasteiger partial charge in [-0.15, -0.1) is 0 Å². The van der Waals surface area contributed by atoms with Crippen molar-refractivity contribution >= 4 is 11.9 Å². The molecule has 8 heteroatoms. The number of benzene rings is 2. The van der Waals surface area contributed by atoms with Gasteiger partial charge in [0.05, 0.1) is 11.6 Å². The Morgan fingerprint density at radius 1 is 1.14 bits per heavy atom. The number of carboxylic acid groups (broad SMARTS) is 1. The first kappa shape index (κ1) is 19.7. The van der Waals surface area contributed by atoms with Crippen LogP contribution in [0.4, 0.5) is 13.2 Å². The SMILES string of the molecule is O=C(O)COc1cccc(C(=O)NC(c2cccc(C(F)(F)F)c2)C2CC2)c1. The third-order valence-corrected chi connectivity index (χ3v) is 4.41. The van der Waals surface area contributed by atoms with Crippen LogP contribution in [0.1, 0.15) is 40.4 Å². The molecule has 0 aromatic heterocycles. The normalized spacial score (nSPS) is 15.0. The van der Waals surface area contributed by atoms with Crippen molar-refractivity contribution in [2.45, 2.75) is 25.1 Å². The molecule has 148 valence electrons. The second kappa shape index (κ2) is 7.92. The van der Waals surface area contributed by atoms with Crippen LogP contribution in [-0.4, -0.2) is 23.6 Å². The van der Waals surface area contributed by atoms with Gasteiger partial charge in [-0.3, -0.25) is 4.79 Å². The number of carboxylic acids is 1. The molecular weight excluding hydrogens is 375 g/mol. The third kappa shape index (κ3) is 5.03. The Bertz CT molecular complexity index is 878. The molecule has 1 amide bonds. The van der Waals surface area contributed by atoms with Crippen molar-refractivity contribution in [3.8, 4) is 5.75 Å². The fourth-order valence-corrected chi connectivity index (χ4v) is 2.91. The molecular formula is C20H18F3NO4. The van der Waals surface area contributed by atoms with Crippen LogP contribution in [0.15, 0.2) is 48.5 Å². The molecule has 2 aromatic carbocycles. The molecule has 3 rings (SSSR count). The fraction of sp³-hybridized carbons (Fsp3) is 0.300. The highest BCUT2D eigenvalue weighted by Crippen LogP contribution is 2.42. The zero-order valence-electron chi connectivity index (χ0n) is 14.7. The van der Waals surface area contributed by atoms with E-state index >= 15 is 0 Å². The maximum absolute atomic E-state index is 13.0. The maximum Gasteiger partial charge on any atom is 0.416 e. The summed E-state index contributed by atoms with van der Waals surface area (Å²) in [6.07, 6.45) is -2.81. The number of hydrogen-bond acceptors (Lipinski definition) is 3. The molecule has 1 aliphatic rings. The minimum absolute atomic E-state index is 0.0823. The largest absolute Gasteiger partial charge is 0.482 e. The molecule has 1 unspecified atom stereocenters. The predicted molar refractivity (Wildman–Crippen MR) is 93.9 cm³/mol. The van der Waals surface area contributed by atoms with Crippen LogP contribution in [0.25, 0.3) is 0 Å². The summed E-state index contributed by atoms with van der Waals surface area (Å²) in [7, 11) is 0. The summed E-state index contributed by atoms with van der Waals surface area (Å²) in [5.74, 6) is -1.31. The summed E-state index contributed by atoms with van der Waals surface area (Å²) in [5, 5.41) is 11.5. The number of carbonyl (C=O) groups is 2. The lowest BCUT2D eigenvalue weighted by Crippen LogP contribution is -2.30. The van der Waals surface area contributed by atoms with E-state index in [1.165, 1.54) is 24.3 Å². The smallest absolute Gasteiger partial charge is 0.416 e. The maximum atomic E-state index is 13.0. The van der Waals surface area contributed by atoms with Crippen LogP contribution < -0.4 is 10.1 Å². The van der Waals surface area contributed by atoms with Gasteiger partial charge in [0.2, 0.25) is 0 Å². The molecule has 2 aromatic rings. The number of nitrogens with one attached hydrogen (secondary N) is 1. The van der Waals surface area contributed by atoms with Crippen molar-refractivity contribution < 1.29 is 32.6 Å². The zero-order valence-corrected chi connectivity index (χ0v) is 14.7. The highest BCUT2D eigenvalue weighted by Gasteiger charge is 2.36. The van der Waals surface area contributed by atoms with Gasteiger partial charge in [0.15, 0.2) is 6.61 Å². The highest BCUT2D eigenvalue weighted by molar-refractivity contribution is 5.94. The van der Waals surface area contributed by atoms with Crippen LogP contribution in [0, 0.1) is 5.92 Å². The number of halogens is 3. The van der Waals surface area contributed by atoms with Crippen LogP contribution >= 0.6 is 0 Å².